The largest absolute Gasteiger partial charge is 0.416 e. The minimum Gasteiger partial charge on any atom is -0.323 e. The zero-order valence-electron chi connectivity index (χ0n) is 19.4. The van der Waals surface area contributed by atoms with Crippen molar-refractivity contribution in [2.24, 2.45) is 0 Å². The minimum atomic E-state index is -4.59. The Morgan fingerprint density at radius 2 is 1.47 bits per heavy atom. The Labute approximate surface area is 225 Å². The van der Waals surface area contributed by atoms with Gasteiger partial charge in [0.1, 0.15) is 11.1 Å². The van der Waals surface area contributed by atoms with Gasteiger partial charge in [0, 0.05) is 16.1 Å². The summed E-state index contributed by atoms with van der Waals surface area (Å²) in [7, 11) is 0. The van der Waals surface area contributed by atoms with Gasteiger partial charge in [-0.3, -0.25) is 9.59 Å². The van der Waals surface area contributed by atoms with Gasteiger partial charge in [-0.15, -0.1) is 11.8 Å². The highest BCUT2D eigenvalue weighted by atomic mass is 35.5. The number of thioether (sulfide) groups is 1. The summed E-state index contributed by atoms with van der Waals surface area (Å²) in [5.74, 6) is -1.42. The molecule has 0 saturated carbocycles. The van der Waals surface area contributed by atoms with Crippen LogP contribution in [0, 0.1) is 5.82 Å². The zero-order valence-corrected chi connectivity index (χ0v) is 21.0. The van der Waals surface area contributed by atoms with E-state index in [-0.39, 0.29) is 10.7 Å². The smallest absolute Gasteiger partial charge is 0.323 e. The molecule has 1 unspecified atom stereocenters. The van der Waals surface area contributed by atoms with Crippen LogP contribution in [0.3, 0.4) is 0 Å². The van der Waals surface area contributed by atoms with Gasteiger partial charge in [0.05, 0.1) is 16.3 Å². The summed E-state index contributed by atoms with van der Waals surface area (Å²) >= 11 is 7.25. The molecule has 10 heteroatoms. The van der Waals surface area contributed by atoms with Crippen molar-refractivity contribution in [2.45, 2.75) is 16.3 Å². The standard InChI is InChI=1S/C28H19ClF4N2O2S/c29-23-15-8-19(28(31,32)33)16-24(23)35-27(37)25(17-4-2-1-3-5-17)38-22-13-11-21(12-14-22)34-26(36)18-6-9-20(30)10-7-18/h1-16,25H,(H,34,36)(H,35,37). The van der Waals surface area contributed by atoms with E-state index in [9.17, 15) is 27.2 Å². The average Bonchev–Trinajstić information content (AvgIpc) is 2.89. The molecule has 0 aliphatic heterocycles. The Bertz CT molecular complexity index is 1430. The summed E-state index contributed by atoms with van der Waals surface area (Å²) in [5.41, 5.74) is 0.331. The highest BCUT2D eigenvalue weighted by Crippen LogP contribution is 2.38. The van der Waals surface area contributed by atoms with Crippen LogP contribution in [0.1, 0.15) is 26.7 Å². The van der Waals surface area contributed by atoms with E-state index in [0.717, 1.165) is 18.2 Å². The molecule has 2 amide bonds. The fourth-order valence-electron chi connectivity index (χ4n) is 3.45. The number of halogens is 5. The third-order valence-corrected chi connectivity index (χ3v) is 6.96. The fraction of sp³-hybridized carbons (Fsp3) is 0.0714. The van der Waals surface area contributed by atoms with Crippen LogP contribution in [0.15, 0.2) is 102 Å². The molecule has 2 N–H and O–H groups in total. The Kier molecular flexibility index (Phi) is 8.38. The molecule has 0 spiro atoms. The number of nitrogens with one attached hydrogen (secondary N) is 2. The SMILES string of the molecule is O=C(Nc1ccc(SC(C(=O)Nc2cc(C(F)(F)F)ccc2Cl)c2ccccc2)cc1)c1ccc(F)cc1. The molecule has 4 aromatic rings. The van der Waals surface area contributed by atoms with Crippen molar-refractivity contribution in [3.8, 4) is 0 Å². The van der Waals surface area contributed by atoms with Crippen molar-refractivity contribution >= 4 is 46.6 Å². The third kappa shape index (κ3) is 6.93. The van der Waals surface area contributed by atoms with Gasteiger partial charge in [-0.2, -0.15) is 13.2 Å². The number of alkyl halides is 3. The molecule has 4 rings (SSSR count). The van der Waals surface area contributed by atoms with Crippen molar-refractivity contribution < 1.29 is 27.2 Å². The molecule has 38 heavy (non-hydrogen) atoms. The van der Waals surface area contributed by atoms with Crippen molar-refractivity contribution in [3.05, 3.63) is 125 Å². The van der Waals surface area contributed by atoms with Crippen molar-refractivity contribution in [1.29, 1.82) is 0 Å². The van der Waals surface area contributed by atoms with Crippen molar-refractivity contribution in [1.82, 2.24) is 0 Å². The predicted molar refractivity (Wildman–Crippen MR) is 141 cm³/mol. The maximum Gasteiger partial charge on any atom is 0.416 e. The summed E-state index contributed by atoms with van der Waals surface area (Å²) < 4.78 is 52.6. The van der Waals surface area contributed by atoms with Gasteiger partial charge in [0.25, 0.3) is 5.91 Å². The lowest BCUT2D eigenvalue weighted by molar-refractivity contribution is -0.137. The quantitative estimate of drug-likeness (QED) is 0.177. The molecule has 0 radical (unpaired) electrons. The average molecular weight is 559 g/mol. The van der Waals surface area contributed by atoms with E-state index in [4.69, 9.17) is 11.6 Å². The lowest BCUT2D eigenvalue weighted by Crippen LogP contribution is -2.19. The summed E-state index contributed by atoms with van der Waals surface area (Å²) in [5, 5.41) is 4.40. The Morgan fingerprint density at radius 1 is 0.816 bits per heavy atom. The molecule has 4 nitrogen and oxygen atoms in total. The number of carbonyl (C=O) groups excluding carboxylic acids is 2. The molecule has 0 saturated heterocycles. The first-order valence-electron chi connectivity index (χ1n) is 11.2. The van der Waals surface area contributed by atoms with E-state index >= 15 is 0 Å². The lowest BCUT2D eigenvalue weighted by atomic mass is 10.1. The predicted octanol–water partition coefficient (Wildman–Crippen LogP) is 8.22. The molecule has 0 aliphatic carbocycles. The number of anilines is 2. The number of benzene rings is 4. The summed E-state index contributed by atoms with van der Waals surface area (Å²) in [6.45, 7) is 0. The number of hydrogen-bond donors (Lipinski definition) is 2. The van der Waals surface area contributed by atoms with Crippen LogP contribution in [0.25, 0.3) is 0 Å². The maximum atomic E-state index is 13.3. The number of amides is 2. The number of hydrogen-bond acceptors (Lipinski definition) is 3. The molecule has 0 bridgehead atoms. The summed E-state index contributed by atoms with van der Waals surface area (Å²) in [4.78, 5) is 26.3. The minimum absolute atomic E-state index is 0.0237. The van der Waals surface area contributed by atoms with E-state index in [2.05, 4.69) is 10.6 Å². The van der Waals surface area contributed by atoms with Gasteiger partial charge in [0.15, 0.2) is 0 Å². The topological polar surface area (TPSA) is 58.2 Å². The van der Waals surface area contributed by atoms with Crippen LogP contribution in [0.5, 0.6) is 0 Å². The normalized spacial score (nSPS) is 12.0. The Hall–Kier alpha value is -3.82. The molecule has 1 atom stereocenters. The molecule has 0 aromatic heterocycles. The molecule has 0 aliphatic rings. The van der Waals surface area contributed by atoms with Crippen LogP contribution < -0.4 is 10.6 Å². The third-order valence-electron chi connectivity index (χ3n) is 5.36. The first-order chi connectivity index (χ1) is 18.1. The first-order valence-corrected chi connectivity index (χ1v) is 12.4. The molecular weight excluding hydrogens is 540 g/mol. The van der Waals surface area contributed by atoms with E-state index in [0.29, 0.717) is 21.7 Å². The van der Waals surface area contributed by atoms with Gasteiger partial charge in [0.2, 0.25) is 5.91 Å². The van der Waals surface area contributed by atoms with Crippen LogP contribution in [-0.2, 0) is 11.0 Å². The van der Waals surface area contributed by atoms with Gasteiger partial charge in [-0.1, -0.05) is 41.9 Å². The Morgan fingerprint density at radius 3 is 2.11 bits per heavy atom. The molecule has 194 valence electrons. The zero-order chi connectivity index (χ0) is 27.3. The van der Waals surface area contributed by atoms with Crippen LogP contribution in [0.4, 0.5) is 28.9 Å². The van der Waals surface area contributed by atoms with Crippen LogP contribution in [-0.4, -0.2) is 11.8 Å². The summed E-state index contributed by atoms with van der Waals surface area (Å²) in [6.07, 6.45) is -4.59. The summed E-state index contributed by atoms with van der Waals surface area (Å²) in [6, 6.07) is 23.3. The van der Waals surface area contributed by atoms with Crippen LogP contribution >= 0.6 is 23.4 Å². The van der Waals surface area contributed by atoms with E-state index < -0.39 is 34.6 Å². The van der Waals surface area contributed by atoms with E-state index in [1.807, 2.05) is 0 Å². The van der Waals surface area contributed by atoms with Crippen LogP contribution in [0.2, 0.25) is 5.02 Å². The molecule has 0 fully saturated rings. The molecular formula is C28H19ClF4N2O2S. The Balaban J connectivity index is 1.52. The number of rotatable bonds is 7. The fourth-order valence-corrected chi connectivity index (χ4v) is 4.64. The second-order valence-electron chi connectivity index (χ2n) is 8.08. The van der Waals surface area contributed by atoms with E-state index in [1.54, 1.807) is 54.6 Å². The monoisotopic (exact) mass is 558 g/mol. The lowest BCUT2D eigenvalue weighted by Gasteiger charge is -2.18. The second-order valence-corrected chi connectivity index (χ2v) is 9.66. The molecule has 4 aromatic carbocycles. The molecule has 0 heterocycles. The van der Waals surface area contributed by atoms with Gasteiger partial charge >= 0.3 is 6.18 Å². The van der Waals surface area contributed by atoms with Gasteiger partial charge in [-0.25, -0.2) is 4.39 Å². The first kappa shape index (κ1) is 27.2. The highest BCUT2D eigenvalue weighted by molar-refractivity contribution is 8.00. The van der Waals surface area contributed by atoms with E-state index in [1.165, 1.54) is 36.0 Å². The second kappa shape index (κ2) is 11.7. The number of carbonyl (C=O) groups is 2. The van der Waals surface area contributed by atoms with Crippen molar-refractivity contribution in [3.63, 3.8) is 0 Å². The maximum absolute atomic E-state index is 13.3. The van der Waals surface area contributed by atoms with Gasteiger partial charge < -0.3 is 10.6 Å². The van der Waals surface area contributed by atoms with Crippen molar-refractivity contribution in [2.75, 3.05) is 10.6 Å². The highest BCUT2D eigenvalue weighted by Gasteiger charge is 2.31. The van der Waals surface area contributed by atoms with Gasteiger partial charge in [-0.05, 0) is 72.3 Å².